The molecule has 6 heteroatoms. The molecule has 34 heavy (non-hydrogen) atoms. The zero-order valence-corrected chi connectivity index (χ0v) is 20.6. The third-order valence-electron chi connectivity index (χ3n) is 6.90. The van der Waals surface area contributed by atoms with E-state index in [1.807, 2.05) is 31.2 Å². The maximum absolute atomic E-state index is 13.3. The fourth-order valence-electron chi connectivity index (χ4n) is 4.76. The number of fused-ring (bicyclic) bond motifs is 3. The van der Waals surface area contributed by atoms with Gasteiger partial charge in [0.1, 0.15) is 18.2 Å². The molecule has 0 aromatic heterocycles. The molecular formula is C28H34N2O4. The van der Waals surface area contributed by atoms with Crippen molar-refractivity contribution in [2.45, 2.75) is 39.7 Å². The Bertz CT molecular complexity index is 1110. The lowest BCUT2D eigenvalue weighted by Crippen LogP contribution is -2.43. The lowest BCUT2D eigenvalue weighted by Gasteiger charge is -2.33. The van der Waals surface area contributed by atoms with Crippen molar-refractivity contribution in [3.05, 3.63) is 63.9 Å². The molecule has 0 unspecified atom stereocenters. The minimum Gasteiger partial charge on any atom is -0.478 e. The number of ketones is 1. The van der Waals surface area contributed by atoms with E-state index in [2.05, 4.69) is 42.7 Å². The van der Waals surface area contributed by atoms with E-state index in [4.69, 9.17) is 14.2 Å². The lowest BCUT2D eigenvalue weighted by atomic mass is 9.86. The molecule has 0 bridgehead atoms. The van der Waals surface area contributed by atoms with Crippen LogP contribution in [0.4, 0.5) is 0 Å². The average molecular weight is 463 g/mol. The summed E-state index contributed by atoms with van der Waals surface area (Å²) in [6.07, 6.45) is 1.85. The summed E-state index contributed by atoms with van der Waals surface area (Å²) in [4.78, 5) is 18.0. The van der Waals surface area contributed by atoms with Crippen LogP contribution in [0.15, 0.2) is 36.1 Å². The summed E-state index contributed by atoms with van der Waals surface area (Å²) in [5, 5.41) is 0. The lowest BCUT2D eigenvalue weighted by molar-refractivity contribution is 0.0239. The monoisotopic (exact) mass is 462 g/mol. The fourth-order valence-corrected chi connectivity index (χ4v) is 4.76. The normalized spacial score (nSPS) is 20.1. The molecule has 1 saturated heterocycles. The van der Waals surface area contributed by atoms with Crippen molar-refractivity contribution in [2.24, 2.45) is 0 Å². The molecule has 0 atom stereocenters. The van der Waals surface area contributed by atoms with Gasteiger partial charge in [-0.25, -0.2) is 0 Å². The molecule has 5 rings (SSSR count). The number of rotatable bonds is 4. The standard InChI is InChI=1S/C28H34N2O4/c1-19-15-23-22(17-30(18-33-23)10-9-29-11-13-32-14-12-29)27-25(19)26(31)24(34-27)16-20-5-7-21(8-6-20)28(2,3)4/h5-8,15-16H,9-14,17-18H2,1-4H3/b24-16-. The maximum atomic E-state index is 13.3. The van der Waals surface area contributed by atoms with Crippen LogP contribution in [0.1, 0.15) is 53.4 Å². The van der Waals surface area contributed by atoms with Gasteiger partial charge < -0.3 is 14.2 Å². The van der Waals surface area contributed by atoms with Gasteiger partial charge in [-0.15, -0.1) is 0 Å². The smallest absolute Gasteiger partial charge is 0.232 e. The summed E-state index contributed by atoms with van der Waals surface area (Å²) in [7, 11) is 0. The molecule has 0 spiro atoms. The highest BCUT2D eigenvalue weighted by atomic mass is 16.5. The first-order valence-corrected chi connectivity index (χ1v) is 12.2. The van der Waals surface area contributed by atoms with E-state index in [0.29, 0.717) is 30.3 Å². The molecule has 2 aromatic carbocycles. The Morgan fingerprint density at radius 1 is 1.03 bits per heavy atom. The summed E-state index contributed by atoms with van der Waals surface area (Å²) < 4.78 is 17.8. The number of allylic oxidation sites excluding steroid dienone is 1. The van der Waals surface area contributed by atoms with Gasteiger partial charge in [-0.2, -0.15) is 0 Å². The van der Waals surface area contributed by atoms with E-state index in [9.17, 15) is 4.79 Å². The van der Waals surface area contributed by atoms with Gasteiger partial charge in [0.05, 0.1) is 24.3 Å². The summed E-state index contributed by atoms with van der Waals surface area (Å²) in [6, 6.07) is 10.3. The van der Waals surface area contributed by atoms with Crippen molar-refractivity contribution in [3.63, 3.8) is 0 Å². The third-order valence-corrected chi connectivity index (χ3v) is 6.90. The molecule has 3 aliphatic heterocycles. The van der Waals surface area contributed by atoms with Gasteiger partial charge in [0, 0.05) is 32.7 Å². The highest BCUT2D eigenvalue weighted by Gasteiger charge is 2.35. The molecule has 180 valence electrons. The van der Waals surface area contributed by atoms with E-state index < -0.39 is 0 Å². The Morgan fingerprint density at radius 2 is 1.74 bits per heavy atom. The second-order valence-corrected chi connectivity index (χ2v) is 10.5. The zero-order chi connectivity index (χ0) is 23.9. The molecule has 0 saturated carbocycles. The number of carbonyl (C=O) groups excluding carboxylic acids is 1. The number of carbonyl (C=O) groups is 1. The van der Waals surface area contributed by atoms with Crippen LogP contribution in [0.25, 0.3) is 6.08 Å². The van der Waals surface area contributed by atoms with E-state index in [0.717, 1.165) is 61.8 Å². The molecule has 3 heterocycles. The molecule has 0 amide bonds. The van der Waals surface area contributed by atoms with E-state index in [-0.39, 0.29) is 11.2 Å². The molecular weight excluding hydrogens is 428 g/mol. The first-order valence-electron chi connectivity index (χ1n) is 12.2. The summed E-state index contributed by atoms with van der Waals surface area (Å²) in [5.74, 6) is 1.80. The average Bonchev–Trinajstić information content (AvgIpc) is 3.15. The van der Waals surface area contributed by atoms with Crippen molar-refractivity contribution in [1.82, 2.24) is 9.80 Å². The molecule has 2 aromatic rings. The Balaban J connectivity index is 1.35. The van der Waals surface area contributed by atoms with Crippen LogP contribution in [-0.4, -0.2) is 61.7 Å². The number of hydrogen-bond acceptors (Lipinski definition) is 6. The van der Waals surface area contributed by atoms with Gasteiger partial charge in [-0.1, -0.05) is 45.0 Å². The number of aryl methyl sites for hydroxylation is 1. The summed E-state index contributed by atoms with van der Waals surface area (Å²) in [5.41, 5.74) is 4.83. The number of benzene rings is 2. The number of nitrogens with zero attached hydrogens (tertiary/aromatic N) is 2. The third kappa shape index (κ3) is 4.63. The van der Waals surface area contributed by atoms with E-state index >= 15 is 0 Å². The quantitative estimate of drug-likeness (QED) is 0.628. The number of Topliss-reactive ketones (excluding diaryl/α,β-unsaturated/α-hetero) is 1. The van der Waals surface area contributed by atoms with Crippen LogP contribution in [0.3, 0.4) is 0 Å². The predicted octanol–water partition coefficient (Wildman–Crippen LogP) is 4.39. The maximum Gasteiger partial charge on any atom is 0.232 e. The number of hydrogen-bond donors (Lipinski definition) is 0. The SMILES string of the molecule is Cc1cc2c(c3c1C(=O)/C(=C/c1ccc(C(C)(C)C)cc1)O3)CN(CCN1CCOCC1)CO2. The van der Waals surface area contributed by atoms with Gasteiger partial charge in [0.25, 0.3) is 0 Å². The minimum atomic E-state index is -0.0550. The Labute approximate surface area is 202 Å². The molecule has 6 nitrogen and oxygen atoms in total. The summed E-state index contributed by atoms with van der Waals surface area (Å²) >= 11 is 0. The highest BCUT2D eigenvalue weighted by molar-refractivity contribution is 6.15. The Kier molecular flexibility index (Phi) is 6.23. The van der Waals surface area contributed by atoms with Gasteiger partial charge in [-0.05, 0) is 41.2 Å². The Hall–Kier alpha value is -2.67. The molecule has 0 radical (unpaired) electrons. The van der Waals surface area contributed by atoms with Crippen molar-refractivity contribution in [1.29, 1.82) is 0 Å². The topological polar surface area (TPSA) is 51.2 Å². The first kappa shape index (κ1) is 23.1. The van der Waals surface area contributed by atoms with E-state index in [1.54, 1.807) is 0 Å². The second kappa shape index (κ2) is 9.17. The number of ether oxygens (including phenoxy) is 3. The van der Waals surface area contributed by atoms with Crippen LogP contribution < -0.4 is 9.47 Å². The zero-order valence-electron chi connectivity index (χ0n) is 20.6. The Morgan fingerprint density at radius 3 is 2.44 bits per heavy atom. The molecule has 0 aliphatic carbocycles. The van der Waals surface area contributed by atoms with Gasteiger partial charge in [0.15, 0.2) is 5.76 Å². The van der Waals surface area contributed by atoms with Crippen LogP contribution in [-0.2, 0) is 16.7 Å². The van der Waals surface area contributed by atoms with Crippen LogP contribution in [0.2, 0.25) is 0 Å². The van der Waals surface area contributed by atoms with Gasteiger partial charge >= 0.3 is 0 Å². The van der Waals surface area contributed by atoms with E-state index in [1.165, 1.54) is 5.56 Å². The van der Waals surface area contributed by atoms with Crippen molar-refractivity contribution in [2.75, 3.05) is 46.1 Å². The largest absolute Gasteiger partial charge is 0.478 e. The number of morpholine rings is 1. The molecule has 3 aliphatic rings. The molecule has 0 N–H and O–H groups in total. The van der Waals surface area contributed by atoms with Crippen LogP contribution in [0, 0.1) is 6.92 Å². The minimum absolute atomic E-state index is 0.0550. The van der Waals surface area contributed by atoms with Crippen LogP contribution >= 0.6 is 0 Å². The highest BCUT2D eigenvalue weighted by Crippen LogP contribution is 2.44. The molecule has 1 fully saturated rings. The van der Waals surface area contributed by atoms with Crippen molar-refractivity contribution in [3.8, 4) is 11.5 Å². The van der Waals surface area contributed by atoms with Crippen molar-refractivity contribution < 1.29 is 19.0 Å². The summed E-state index contributed by atoms with van der Waals surface area (Å²) in [6.45, 7) is 15.2. The predicted molar refractivity (Wildman–Crippen MR) is 132 cm³/mol. The van der Waals surface area contributed by atoms with Gasteiger partial charge in [0.2, 0.25) is 5.78 Å². The van der Waals surface area contributed by atoms with Crippen LogP contribution in [0.5, 0.6) is 11.5 Å². The fraction of sp³-hybridized carbons (Fsp3) is 0.464. The van der Waals surface area contributed by atoms with Crippen molar-refractivity contribution >= 4 is 11.9 Å². The van der Waals surface area contributed by atoms with Gasteiger partial charge in [-0.3, -0.25) is 14.6 Å². The second-order valence-electron chi connectivity index (χ2n) is 10.5. The first-order chi connectivity index (χ1) is 16.3.